The number of hydrogen-bond donors (Lipinski definition) is 4. The van der Waals surface area contributed by atoms with E-state index in [9.17, 15) is 14.7 Å². The number of methoxy groups -OCH3 is 1. The van der Waals surface area contributed by atoms with Crippen LogP contribution in [0.3, 0.4) is 0 Å². The first-order chi connectivity index (χ1) is 11.4. The molecule has 0 spiro atoms. The van der Waals surface area contributed by atoms with E-state index in [1.165, 1.54) is 0 Å². The van der Waals surface area contributed by atoms with Crippen LogP contribution in [0.15, 0.2) is 24.3 Å². The molecule has 3 unspecified atom stereocenters. The number of carboxylic acid groups (broad SMARTS) is 1. The Labute approximate surface area is 141 Å². The van der Waals surface area contributed by atoms with Crippen LogP contribution in [0.4, 0.5) is 0 Å². The number of ether oxygens (including phenoxy) is 1. The summed E-state index contributed by atoms with van der Waals surface area (Å²) in [6, 6.07) is 6.28. The van der Waals surface area contributed by atoms with E-state index in [1.54, 1.807) is 7.11 Å². The number of carboxylic acids is 1. The lowest BCUT2D eigenvalue weighted by Gasteiger charge is -2.18. The maximum absolute atomic E-state index is 12.3. The summed E-state index contributed by atoms with van der Waals surface area (Å²) in [7, 11) is 1.61. The lowest BCUT2D eigenvalue weighted by molar-refractivity contribution is -0.142. The number of hydrogen-bond acceptors (Lipinski definition) is 5. The molecule has 24 heavy (non-hydrogen) atoms. The summed E-state index contributed by atoms with van der Waals surface area (Å²) in [4.78, 5) is 23.6. The standard InChI is InChI=1S/C17H25N3O4/c1-10(2)8-15(17(22)23)18-16(21)14-9-13(19-20-14)11-4-6-12(24-3)7-5-11/h4-7,10,13-15,19-20H,8-9H2,1-3H3,(H,18,21)(H,22,23). The van der Waals surface area contributed by atoms with Gasteiger partial charge in [-0.3, -0.25) is 4.79 Å². The highest BCUT2D eigenvalue weighted by molar-refractivity contribution is 5.87. The molecule has 3 atom stereocenters. The lowest BCUT2D eigenvalue weighted by atomic mass is 10.0. The third kappa shape index (κ3) is 4.69. The van der Waals surface area contributed by atoms with Gasteiger partial charge in [0.2, 0.25) is 5.91 Å². The Morgan fingerprint density at radius 1 is 1.29 bits per heavy atom. The Morgan fingerprint density at radius 3 is 2.50 bits per heavy atom. The second kappa shape index (κ2) is 8.12. The number of benzene rings is 1. The van der Waals surface area contributed by atoms with Gasteiger partial charge in [-0.15, -0.1) is 0 Å². The molecule has 1 heterocycles. The number of nitrogens with one attached hydrogen (secondary N) is 3. The predicted octanol–water partition coefficient (Wildman–Crippen LogP) is 1.22. The van der Waals surface area contributed by atoms with Crippen LogP contribution in [0.2, 0.25) is 0 Å². The largest absolute Gasteiger partial charge is 0.497 e. The Bertz CT molecular complexity index is 574. The first-order valence-electron chi connectivity index (χ1n) is 8.09. The highest BCUT2D eigenvalue weighted by Crippen LogP contribution is 2.24. The fourth-order valence-electron chi connectivity index (χ4n) is 2.75. The number of carbonyl (C=O) groups excluding carboxylic acids is 1. The maximum Gasteiger partial charge on any atom is 0.326 e. The summed E-state index contributed by atoms with van der Waals surface area (Å²) in [5, 5.41) is 11.8. The fourth-order valence-corrected chi connectivity index (χ4v) is 2.75. The highest BCUT2D eigenvalue weighted by atomic mass is 16.5. The molecular weight excluding hydrogens is 310 g/mol. The van der Waals surface area contributed by atoms with E-state index < -0.39 is 18.1 Å². The third-order valence-electron chi connectivity index (χ3n) is 4.06. The molecule has 2 rings (SSSR count). The zero-order valence-electron chi connectivity index (χ0n) is 14.2. The van der Waals surface area contributed by atoms with Gasteiger partial charge < -0.3 is 15.2 Å². The van der Waals surface area contributed by atoms with E-state index in [0.29, 0.717) is 12.8 Å². The van der Waals surface area contributed by atoms with E-state index in [-0.39, 0.29) is 17.9 Å². The average molecular weight is 335 g/mol. The Kier molecular flexibility index (Phi) is 6.16. The van der Waals surface area contributed by atoms with Crippen molar-refractivity contribution < 1.29 is 19.4 Å². The minimum absolute atomic E-state index is 0.0139. The predicted molar refractivity (Wildman–Crippen MR) is 89.4 cm³/mol. The van der Waals surface area contributed by atoms with Gasteiger partial charge in [-0.25, -0.2) is 15.6 Å². The van der Waals surface area contributed by atoms with Gasteiger partial charge in [0.25, 0.3) is 0 Å². The number of amides is 1. The van der Waals surface area contributed by atoms with Crippen LogP contribution < -0.4 is 20.9 Å². The molecule has 4 N–H and O–H groups in total. The maximum atomic E-state index is 12.3. The van der Waals surface area contributed by atoms with Gasteiger partial charge in [0.05, 0.1) is 7.11 Å². The zero-order valence-corrected chi connectivity index (χ0v) is 14.2. The molecule has 1 aliphatic heterocycles. The van der Waals surface area contributed by atoms with Gasteiger partial charge in [-0.05, 0) is 36.5 Å². The van der Waals surface area contributed by atoms with Crippen LogP contribution in [0.25, 0.3) is 0 Å². The van der Waals surface area contributed by atoms with E-state index in [0.717, 1.165) is 11.3 Å². The Balaban J connectivity index is 1.93. The quantitative estimate of drug-likeness (QED) is 0.598. The number of hydrazine groups is 1. The molecule has 7 nitrogen and oxygen atoms in total. The van der Waals surface area contributed by atoms with Crippen LogP contribution in [-0.4, -0.2) is 36.2 Å². The summed E-state index contributed by atoms with van der Waals surface area (Å²) in [5.41, 5.74) is 7.07. The normalized spacial score (nSPS) is 21.5. The zero-order chi connectivity index (χ0) is 17.7. The van der Waals surface area contributed by atoms with Crippen molar-refractivity contribution in [3.8, 4) is 5.75 Å². The van der Waals surface area contributed by atoms with Crippen LogP contribution in [0.5, 0.6) is 5.75 Å². The molecule has 0 aromatic heterocycles. The van der Waals surface area contributed by atoms with Gasteiger partial charge in [0.15, 0.2) is 0 Å². The molecule has 1 fully saturated rings. The smallest absolute Gasteiger partial charge is 0.326 e. The highest BCUT2D eigenvalue weighted by Gasteiger charge is 2.32. The summed E-state index contributed by atoms with van der Waals surface area (Å²) in [5.74, 6) is -0.341. The van der Waals surface area contributed by atoms with Crippen LogP contribution in [0.1, 0.15) is 38.3 Å². The minimum Gasteiger partial charge on any atom is -0.497 e. The summed E-state index contributed by atoms with van der Waals surface area (Å²) < 4.78 is 5.13. The molecule has 132 valence electrons. The van der Waals surface area contributed by atoms with Crippen LogP contribution in [0, 0.1) is 5.92 Å². The summed E-state index contributed by atoms with van der Waals surface area (Å²) >= 11 is 0. The van der Waals surface area contributed by atoms with Crippen molar-refractivity contribution >= 4 is 11.9 Å². The molecule has 0 saturated carbocycles. The Morgan fingerprint density at radius 2 is 1.96 bits per heavy atom. The average Bonchev–Trinajstić information content (AvgIpc) is 3.04. The third-order valence-corrected chi connectivity index (χ3v) is 4.06. The van der Waals surface area contributed by atoms with Crippen molar-refractivity contribution in [1.82, 2.24) is 16.2 Å². The minimum atomic E-state index is -1.00. The molecule has 0 bridgehead atoms. The molecule has 1 aromatic carbocycles. The fraction of sp³-hybridized carbons (Fsp3) is 0.529. The first kappa shape index (κ1) is 18.2. The Hall–Kier alpha value is -2.12. The first-order valence-corrected chi connectivity index (χ1v) is 8.09. The second-order valence-corrected chi connectivity index (χ2v) is 6.43. The van der Waals surface area contributed by atoms with E-state index >= 15 is 0 Å². The van der Waals surface area contributed by atoms with Gasteiger partial charge >= 0.3 is 5.97 Å². The van der Waals surface area contributed by atoms with Crippen molar-refractivity contribution in [2.45, 2.75) is 44.8 Å². The molecule has 1 amide bonds. The van der Waals surface area contributed by atoms with Gasteiger partial charge in [-0.2, -0.15) is 0 Å². The van der Waals surface area contributed by atoms with Gasteiger partial charge in [0, 0.05) is 6.04 Å². The monoisotopic (exact) mass is 335 g/mol. The molecule has 7 heteroatoms. The second-order valence-electron chi connectivity index (χ2n) is 6.43. The van der Waals surface area contributed by atoms with E-state index in [1.807, 2.05) is 38.1 Å². The van der Waals surface area contributed by atoms with Crippen LogP contribution in [-0.2, 0) is 9.59 Å². The van der Waals surface area contributed by atoms with Crippen molar-refractivity contribution in [1.29, 1.82) is 0 Å². The van der Waals surface area contributed by atoms with Crippen molar-refractivity contribution in [2.75, 3.05) is 7.11 Å². The topological polar surface area (TPSA) is 99.7 Å². The molecule has 0 radical (unpaired) electrons. The van der Waals surface area contributed by atoms with Gasteiger partial charge in [-0.1, -0.05) is 26.0 Å². The van der Waals surface area contributed by atoms with E-state index in [4.69, 9.17) is 4.74 Å². The SMILES string of the molecule is COc1ccc(C2CC(C(=O)NC(CC(C)C)C(=O)O)NN2)cc1. The lowest BCUT2D eigenvalue weighted by Crippen LogP contribution is -2.49. The number of carbonyl (C=O) groups is 2. The molecular formula is C17H25N3O4. The van der Waals surface area contributed by atoms with Crippen LogP contribution >= 0.6 is 0 Å². The number of aliphatic carboxylic acids is 1. The van der Waals surface area contributed by atoms with E-state index in [2.05, 4.69) is 16.2 Å². The number of rotatable bonds is 7. The van der Waals surface area contributed by atoms with Crippen molar-refractivity contribution in [3.05, 3.63) is 29.8 Å². The molecule has 0 aliphatic carbocycles. The summed E-state index contributed by atoms with van der Waals surface area (Å²) in [6.07, 6.45) is 0.954. The van der Waals surface area contributed by atoms with Crippen molar-refractivity contribution in [3.63, 3.8) is 0 Å². The van der Waals surface area contributed by atoms with Crippen molar-refractivity contribution in [2.24, 2.45) is 5.92 Å². The summed E-state index contributed by atoms with van der Waals surface area (Å²) in [6.45, 7) is 3.86. The molecule has 1 saturated heterocycles. The molecule has 1 aromatic rings. The van der Waals surface area contributed by atoms with Gasteiger partial charge in [0.1, 0.15) is 17.8 Å². The molecule has 1 aliphatic rings.